The SMILES string of the molecule is O=C1NCCn2nc(-c3ccnc(-c4ccc(Cn5cc(C(F)(F)F)ccc5=O)cc4)n3)cc21. The highest BCUT2D eigenvalue weighted by atomic mass is 19.4. The van der Waals surface area contributed by atoms with Gasteiger partial charge in [0.1, 0.15) is 11.4 Å². The molecule has 0 aliphatic carbocycles. The van der Waals surface area contributed by atoms with E-state index >= 15 is 0 Å². The number of halogens is 3. The van der Waals surface area contributed by atoms with Crippen LogP contribution in [-0.2, 0) is 19.3 Å². The molecule has 0 bridgehead atoms. The van der Waals surface area contributed by atoms with Crippen molar-refractivity contribution >= 4 is 5.91 Å². The highest BCUT2D eigenvalue weighted by Crippen LogP contribution is 2.28. The zero-order chi connectivity index (χ0) is 23.9. The third-order valence-corrected chi connectivity index (χ3v) is 5.42. The lowest BCUT2D eigenvalue weighted by Gasteiger charge is -2.13. The Morgan fingerprint density at radius 2 is 1.79 bits per heavy atom. The Kier molecular flexibility index (Phi) is 5.23. The van der Waals surface area contributed by atoms with Crippen molar-refractivity contribution in [3.63, 3.8) is 0 Å². The minimum atomic E-state index is -4.53. The average Bonchev–Trinajstić information content (AvgIpc) is 3.26. The molecule has 1 amide bonds. The highest BCUT2D eigenvalue weighted by Gasteiger charge is 2.31. The zero-order valence-electron chi connectivity index (χ0n) is 17.6. The van der Waals surface area contributed by atoms with Crippen LogP contribution in [0.2, 0.25) is 0 Å². The van der Waals surface area contributed by atoms with E-state index in [9.17, 15) is 22.8 Å². The molecule has 11 heteroatoms. The van der Waals surface area contributed by atoms with Crippen LogP contribution in [0.1, 0.15) is 21.6 Å². The minimum Gasteiger partial charge on any atom is -0.349 e. The molecular formula is C23H17F3N6O2. The number of carbonyl (C=O) groups is 1. The molecule has 4 aromatic rings. The van der Waals surface area contributed by atoms with Gasteiger partial charge in [0.2, 0.25) is 0 Å². The molecule has 0 atom stereocenters. The van der Waals surface area contributed by atoms with Crippen LogP contribution >= 0.6 is 0 Å². The molecule has 34 heavy (non-hydrogen) atoms. The number of pyridine rings is 1. The Balaban J connectivity index is 1.39. The van der Waals surface area contributed by atoms with Gasteiger partial charge in [-0.25, -0.2) is 9.97 Å². The first-order chi connectivity index (χ1) is 16.3. The van der Waals surface area contributed by atoms with Crippen LogP contribution in [0, 0.1) is 0 Å². The van der Waals surface area contributed by atoms with E-state index < -0.39 is 17.3 Å². The average molecular weight is 466 g/mol. The molecular weight excluding hydrogens is 449 g/mol. The molecule has 5 rings (SSSR count). The fourth-order valence-corrected chi connectivity index (χ4v) is 3.68. The third-order valence-electron chi connectivity index (χ3n) is 5.42. The predicted molar refractivity (Wildman–Crippen MR) is 116 cm³/mol. The van der Waals surface area contributed by atoms with Crippen LogP contribution in [0.3, 0.4) is 0 Å². The van der Waals surface area contributed by atoms with Crippen molar-refractivity contribution < 1.29 is 18.0 Å². The van der Waals surface area contributed by atoms with Crippen LogP contribution in [0.4, 0.5) is 13.2 Å². The van der Waals surface area contributed by atoms with Crippen molar-refractivity contribution in [1.82, 2.24) is 29.6 Å². The molecule has 0 radical (unpaired) electrons. The van der Waals surface area contributed by atoms with E-state index in [1.54, 1.807) is 47.3 Å². The molecule has 0 saturated heterocycles. The van der Waals surface area contributed by atoms with Gasteiger partial charge in [0, 0.05) is 30.6 Å². The van der Waals surface area contributed by atoms with Crippen LogP contribution < -0.4 is 10.9 Å². The number of hydrogen-bond donors (Lipinski definition) is 1. The maximum Gasteiger partial charge on any atom is 0.417 e. The molecule has 0 saturated carbocycles. The largest absolute Gasteiger partial charge is 0.417 e. The summed E-state index contributed by atoms with van der Waals surface area (Å²) in [5.41, 5.74) is 1.50. The Bertz CT molecular complexity index is 1440. The summed E-state index contributed by atoms with van der Waals surface area (Å²) in [7, 11) is 0. The number of nitrogens with one attached hydrogen (secondary N) is 1. The quantitative estimate of drug-likeness (QED) is 0.499. The lowest BCUT2D eigenvalue weighted by molar-refractivity contribution is -0.138. The van der Waals surface area contributed by atoms with Crippen LogP contribution in [0.25, 0.3) is 22.8 Å². The molecule has 0 fully saturated rings. The molecule has 0 unspecified atom stereocenters. The highest BCUT2D eigenvalue weighted by molar-refractivity contribution is 5.94. The number of carbonyl (C=O) groups excluding carboxylic acids is 1. The Hall–Kier alpha value is -4.28. The Morgan fingerprint density at radius 3 is 2.53 bits per heavy atom. The molecule has 1 aliphatic rings. The van der Waals surface area contributed by atoms with Gasteiger partial charge >= 0.3 is 6.18 Å². The lowest BCUT2D eigenvalue weighted by atomic mass is 10.1. The van der Waals surface area contributed by atoms with Gasteiger partial charge in [-0.15, -0.1) is 0 Å². The Labute approximate surface area is 190 Å². The van der Waals surface area contributed by atoms with E-state index in [1.807, 2.05) is 0 Å². The van der Waals surface area contributed by atoms with Crippen molar-refractivity contribution in [2.45, 2.75) is 19.3 Å². The van der Waals surface area contributed by atoms with Gasteiger partial charge in [0.15, 0.2) is 5.82 Å². The molecule has 8 nitrogen and oxygen atoms in total. The first-order valence-corrected chi connectivity index (χ1v) is 10.3. The summed E-state index contributed by atoms with van der Waals surface area (Å²) in [6.07, 6.45) is -2.13. The van der Waals surface area contributed by atoms with Crippen molar-refractivity contribution in [2.75, 3.05) is 6.54 Å². The number of rotatable bonds is 4. The Morgan fingerprint density at radius 1 is 1.00 bits per heavy atom. The molecule has 3 aromatic heterocycles. The third kappa shape index (κ3) is 4.19. The molecule has 172 valence electrons. The maximum absolute atomic E-state index is 13.0. The summed E-state index contributed by atoms with van der Waals surface area (Å²) in [4.78, 5) is 32.8. The number of alkyl halides is 3. The number of nitrogens with zero attached hydrogens (tertiary/aromatic N) is 5. The second-order valence-corrected chi connectivity index (χ2v) is 7.74. The topological polar surface area (TPSA) is 94.7 Å². The summed E-state index contributed by atoms with van der Waals surface area (Å²) in [6.45, 7) is 1.09. The fraction of sp³-hybridized carbons (Fsp3) is 0.174. The first kappa shape index (κ1) is 21.6. The second kappa shape index (κ2) is 8.25. The summed E-state index contributed by atoms with van der Waals surface area (Å²) in [5.74, 6) is 0.241. The van der Waals surface area contributed by atoms with E-state index in [4.69, 9.17) is 0 Å². The minimum absolute atomic E-state index is 0.00773. The summed E-state index contributed by atoms with van der Waals surface area (Å²) in [6, 6.07) is 11.9. The maximum atomic E-state index is 13.0. The number of hydrogen-bond acceptors (Lipinski definition) is 5. The van der Waals surface area contributed by atoms with Gasteiger partial charge in [0.25, 0.3) is 11.5 Å². The molecule has 0 spiro atoms. The summed E-state index contributed by atoms with van der Waals surface area (Å²) in [5, 5.41) is 7.22. The van der Waals surface area contributed by atoms with Crippen molar-refractivity contribution in [2.24, 2.45) is 0 Å². The molecule has 4 heterocycles. The number of fused-ring (bicyclic) bond motifs is 1. The first-order valence-electron chi connectivity index (χ1n) is 10.3. The standard InChI is InChI=1S/C23H17F3N6O2/c24-23(25,26)16-5-6-20(33)31(13-16)12-14-1-3-15(4-2-14)21-27-8-7-17(29-21)18-11-19-22(34)28-9-10-32(19)30-18/h1-8,11,13H,9-10,12H2,(H,28,34). The monoisotopic (exact) mass is 466 g/mol. The van der Waals surface area contributed by atoms with Gasteiger partial charge in [-0.2, -0.15) is 18.3 Å². The summed E-state index contributed by atoms with van der Waals surface area (Å²) >= 11 is 0. The van der Waals surface area contributed by atoms with E-state index in [0.717, 1.165) is 22.9 Å². The molecule has 1 aromatic carbocycles. The lowest BCUT2D eigenvalue weighted by Crippen LogP contribution is -2.35. The number of amides is 1. The van der Waals surface area contributed by atoms with Crippen LogP contribution in [0.5, 0.6) is 0 Å². The predicted octanol–water partition coefficient (Wildman–Crippen LogP) is 2.98. The fourth-order valence-electron chi connectivity index (χ4n) is 3.68. The molecule has 1 aliphatic heterocycles. The van der Waals surface area contributed by atoms with Gasteiger partial charge in [-0.3, -0.25) is 14.3 Å². The van der Waals surface area contributed by atoms with E-state index in [0.29, 0.717) is 47.1 Å². The number of benzene rings is 1. The van der Waals surface area contributed by atoms with E-state index in [1.165, 1.54) is 0 Å². The van der Waals surface area contributed by atoms with Crippen LogP contribution in [0.15, 0.2) is 65.7 Å². The van der Waals surface area contributed by atoms with Gasteiger partial charge in [-0.05, 0) is 23.8 Å². The van der Waals surface area contributed by atoms with Gasteiger partial charge in [0.05, 0.1) is 24.3 Å². The smallest absolute Gasteiger partial charge is 0.349 e. The van der Waals surface area contributed by atoms with Gasteiger partial charge < -0.3 is 9.88 Å². The van der Waals surface area contributed by atoms with Gasteiger partial charge in [-0.1, -0.05) is 24.3 Å². The van der Waals surface area contributed by atoms with E-state index in [-0.39, 0.29) is 12.5 Å². The van der Waals surface area contributed by atoms with E-state index in [2.05, 4.69) is 20.4 Å². The van der Waals surface area contributed by atoms with Crippen molar-refractivity contribution in [3.8, 4) is 22.8 Å². The second-order valence-electron chi connectivity index (χ2n) is 7.74. The van der Waals surface area contributed by atoms with Crippen molar-refractivity contribution in [1.29, 1.82) is 0 Å². The summed E-state index contributed by atoms with van der Waals surface area (Å²) < 4.78 is 41.6. The zero-order valence-corrected chi connectivity index (χ0v) is 17.6. The molecule has 1 N–H and O–H groups in total. The normalized spacial score (nSPS) is 13.4. The van der Waals surface area contributed by atoms with Crippen molar-refractivity contribution in [3.05, 3.63) is 88.1 Å². The number of aromatic nitrogens is 5. The van der Waals surface area contributed by atoms with Crippen LogP contribution in [-0.4, -0.2) is 36.8 Å².